The monoisotopic (exact) mass is 410 g/mol. The minimum absolute atomic E-state index is 0.0269. The van der Waals surface area contributed by atoms with Crippen molar-refractivity contribution in [2.45, 2.75) is 11.3 Å². The van der Waals surface area contributed by atoms with Gasteiger partial charge in [-0.2, -0.15) is 0 Å². The highest BCUT2D eigenvalue weighted by molar-refractivity contribution is 9.10. The van der Waals surface area contributed by atoms with Crippen molar-refractivity contribution in [3.63, 3.8) is 0 Å². The molecule has 3 rings (SSSR count). The zero-order valence-electron chi connectivity index (χ0n) is 12.2. The highest BCUT2D eigenvalue weighted by atomic mass is 79.9. The van der Waals surface area contributed by atoms with Crippen LogP contribution >= 0.6 is 15.9 Å². The lowest BCUT2D eigenvalue weighted by Gasteiger charge is -2.14. The molecule has 0 radical (unpaired) electrons. The quantitative estimate of drug-likeness (QED) is 0.569. The Morgan fingerprint density at radius 2 is 1.92 bits per heavy atom. The number of hydrogen-bond donors (Lipinski definition) is 0. The van der Waals surface area contributed by atoms with Crippen molar-refractivity contribution >= 4 is 37.5 Å². The summed E-state index contributed by atoms with van der Waals surface area (Å²) in [6.45, 7) is -0.0748. The summed E-state index contributed by atoms with van der Waals surface area (Å²) in [5.74, 6) is -0.581. The summed E-state index contributed by atoms with van der Waals surface area (Å²) in [5.41, 5.74) is 0.650. The fraction of sp³-hybridized carbons (Fsp3) is 0.133. The number of nitro groups is 1. The maximum Gasteiger partial charge on any atom is 0.269 e. The molecule has 7 nitrogen and oxygen atoms in total. The number of nitro benzene ring substituents is 1. The van der Waals surface area contributed by atoms with Crippen molar-refractivity contribution in [2.75, 3.05) is 6.54 Å². The summed E-state index contributed by atoms with van der Waals surface area (Å²) in [5, 5.41) is 10.8. The Morgan fingerprint density at radius 1 is 1.17 bits per heavy atom. The highest BCUT2D eigenvalue weighted by Gasteiger charge is 2.40. The molecule has 0 atom stereocenters. The number of hydrogen-bond acceptors (Lipinski definition) is 5. The normalized spacial score (nSPS) is 15.4. The van der Waals surface area contributed by atoms with Gasteiger partial charge < -0.3 is 0 Å². The van der Waals surface area contributed by atoms with Gasteiger partial charge in [0.15, 0.2) is 0 Å². The molecule has 0 N–H and O–H groups in total. The lowest BCUT2D eigenvalue weighted by Crippen LogP contribution is -2.32. The third kappa shape index (κ3) is 2.80. The van der Waals surface area contributed by atoms with E-state index in [0.717, 1.165) is 4.31 Å². The second kappa shape index (κ2) is 5.99. The second-order valence-electron chi connectivity index (χ2n) is 5.20. The molecule has 0 aromatic heterocycles. The molecular formula is C15H11BrN2O5S. The van der Waals surface area contributed by atoms with Gasteiger partial charge in [0.1, 0.15) is 4.90 Å². The van der Waals surface area contributed by atoms with Gasteiger partial charge in [0, 0.05) is 23.2 Å². The molecule has 1 heterocycles. The van der Waals surface area contributed by atoms with Crippen molar-refractivity contribution in [3.8, 4) is 0 Å². The molecule has 2 aromatic carbocycles. The van der Waals surface area contributed by atoms with Gasteiger partial charge in [-0.05, 0) is 30.2 Å². The summed E-state index contributed by atoms with van der Waals surface area (Å²) in [4.78, 5) is 22.6. The van der Waals surface area contributed by atoms with Crippen LogP contribution in [0.4, 0.5) is 5.69 Å². The molecule has 0 bridgehead atoms. The Hall–Kier alpha value is -2.26. The first kappa shape index (κ1) is 16.6. The second-order valence-corrected chi connectivity index (χ2v) is 7.95. The van der Waals surface area contributed by atoms with Crippen molar-refractivity contribution in [1.82, 2.24) is 4.31 Å². The Morgan fingerprint density at radius 3 is 2.62 bits per heavy atom. The smallest absolute Gasteiger partial charge is 0.268 e. The first-order chi connectivity index (χ1) is 11.3. The molecule has 1 amide bonds. The van der Waals surface area contributed by atoms with Crippen LogP contribution in [0.15, 0.2) is 51.8 Å². The van der Waals surface area contributed by atoms with Crippen LogP contribution < -0.4 is 0 Å². The van der Waals surface area contributed by atoms with Crippen LogP contribution in [0.1, 0.15) is 15.9 Å². The van der Waals surface area contributed by atoms with Crippen molar-refractivity contribution in [1.29, 1.82) is 0 Å². The molecule has 1 aliphatic rings. The molecule has 2 aromatic rings. The Balaban J connectivity index is 1.86. The van der Waals surface area contributed by atoms with Gasteiger partial charge in [-0.25, -0.2) is 12.7 Å². The number of fused-ring (bicyclic) bond motifs is 1. The number of halogens is 1. The largest absolute Gasteiger partial charge is 0.269 e. The predicted molar refractivity (Wildman–Crippen MR) is 89.2 cm³/mol. The maximum absolute atomic E-state index is 12.5. The van der Waals surface area contributed by atoms with Crippen LogP contribution in [-0.4, -0.2) is 30.1 Å². The molecule has 0 saturated heterocycles. The van der Waals surface area contributed by atoms with Crippen LogP contribution in [0.25, 0.3) is 0 Å². The number of carbonyl (C=O) groups excluding carboxylic acids is 1. The number of non-ortho nitro benzene ring substituents is 1. The summed E-state index contributed by atoms with van der Waals surface area (Å²) in [6, 6.07) is 10.4. The lowest BCUT2D eigenvalue weighted by atomic mass is 10.1. The van der Waals surface area contributed by atoms with Gasteiger partial charge in [-0.15, -0.1) is 0 Å². The van der Waals surface area contributed by atoms with Gasteiger partial charge in [0.05, 0.1) is 10.5 Å². The molecule has 124 valence electrons. The minimum Gasteiger partial charge on any atom is -0.268 e. The van der Waals surface area contributed by atoms with E-state index in [9.17, 15) is 23.3 Å². The average molecular weight is 411 g/mol. The lowest BCUT2D eigenvalue weighted by molar-refractivity contribution is -0.384. The minimum atomic E-state index is -3.89. The van der Waals surface area contributed by atoms with Crippen molar-refractivity contribution in [2.24, 2.45) is 0 Å². The van der Waals surface area contributed by atoms with Crippen molar-refractivity contribution in [3.05, 3.63) is 68.2 Å². The van der Waals surface area contributed by atoms with E-state index in [1.165, 1.54) is 30.3 Å². The van der Waals surface area contributed by atoms with Gasteiger partial charge >= 0.3 is 0 Å². The van der Waals surface area contributed by atoms with E-state index in [4.69, 9.17) is 0 Å². The first-order valence-electron chi connectivity index (χ1n) is 6.90. The maximum atomic E-state index is 12.5. The highest BCUT2D eigenvalue weighted by Crippen LogP contribution is 2.32. The summed E-state index contributed by atoms with van der Waals surface area (Å²) in [6.07, 6.45) is 0.196. The molecule has 1 aliphatic heterocycles. The fourth-order valence-corrected chi connectivity index (χ4v) is 4.63. The van der Waals surface area contributed by atoms with Gasteiger partial charge in [0.2, 0.25) is 0 Å². The van der Waals surface area contributed by atoms with Crippen LogP contribution in [0, 0.1) is 10.1 Å². The number of amides is 1. The number of benzene rings is 2. The molecule has 9 heteroatoms. The van der Waals surface area contributed by atoms with E-state index in [1.807, 2.05) is 0 Å². The molecule has 0 aliphatic carbocycles. The summed E-state index contributed by atoms with van der Waals surface area (Å²) < 4.78 is 26.4. The third-order valence-corrected chi connectivity index (χ3v) is 6.01. The molecule has 0 saturated carbocycles. The molecular weight excluding hydrogens is 400 g/mol. The Kier molecular flexibility index (Phi) is 4.14. The zero-order valence-corrected chi connectivity index (χ0v) is 14.6. The number of rotatable bonds is 4. The third-order valence-electron chi connectivity index (χ3n) is 3.69. The standard InChI is InChI=1S/C15H11BrN2O5S/c16-11-4-5-13-14(9-11)24(22,23)17(15(13)19)7-6-10-2-1-3-12(8-10)18(20)21/h1-5,8-9H,6-7H2. The summed E-state index contributed by atoms with van der Waals surface area (Å²) >= 11 is 3.20. The van der Waals surface area contributed by atoms with E-state index >= 15 is 0 Å². The fourth-order valence-electron chi connectivity index (χ4n) is 2.53. The van der Waals surface area contributed by atoms with Crippen LogP contribution in [0.5, 0.6) is 0 Å². The molecule has 24 heavy (non-hydrogen) atoms. The van der Waals surface area contributed by atoms with Crippen LogP contribution in [0.2, 0.25) is 0 Å². The van der Waals surface area contributed by atoms with E-state index in [-0.39, 0.29) is 29.1 Å². The zero-order chi connectivity index (χ0) is 17.5. The van der Waals surface area contributed by atoms with Crippen LogP contribution in [-0.2, 0) is 16.4 Å². The molecule has 0 spiro atoms. The topological polar surface area (TPSA) is 97.6 Å². The average Bonchev–Trinajstić information content (AvgIpc) is 2.72. The predicted octanol–water partition coefficient (Wildman–Crippen LogP) is 2.74. The Bertz CT molecular complexity index is 958. The molecule has 0 fully saturated rings. The SMILES string of the molecule is O=C1c2ccc(Br)cc2S(=O)(=O)N1CCc1cccc([N+](=O)[O-])c1. The van der Waals surface area contributed by atoms with Gasteiger partial charge in [0.25, 0.3) is 21.6 Å². The van der Waals surface area contributed by atoms with E-state index in [2.05, 4.69) is 15.9 Å². The number of nitrogens with zero attached hydrogens (tertiary/aromatic N) is 2. The first-order valence-corrected chi connectivity index (χ1v) is 9.14. The van der Waals surface area contributed by atoms with E-state index in [0.29, 0.717) is 10.0 Å². The number of sulfonamides is 1. The summed E-state index contributed by atoms with van der Waals surface area (Å²) in [7, 11) is -3.89. The number of carbonyl (C=O) groups is 1. The van der Waals surface area contributed by atoms with Crippen molar-refractivity contribution < 1.29 is 18.1 Å². The van der Waals surface area contributed by atoms with E-state index < -0.39 is 20.9 Å². The van der Waals surface area contributed by atoms with Crippen LogP contribution in [0.3, 0.4) is 0 Å². The Labute approximate surface area is 146 Å². The van der Waals surface area contributed by atoms with E-state index in [1.54, 1.807) is 12.1 Å². The molecule has 0 unspecified atom stereocenters. The van der Waals surface area contributed by atoms with Gasteiger partial charge in [-0.3, -0.25) is 14.9 Å². The van der Waals surface area contributed by atoms with Gasteiger partial charge in [-0.1, -0.05) is 28.1 Å².